The Kier molecular flexibility index (Phi) is 8.99. The molecule has 0 spiro atoms. The summed E-state index contributed by atoms with van der Waals surface area (Å²) in [7, 11) is 0. The first-order valence-corrected chi connectivity index (χ1v) is 10.9. The van der Waals surface area contributed by atoms with Gasteiger partial charge in [0.25, 0.3) is 0 Å². The van der Waals surface area contributed by atoms with Gasteiger partial charge in [-0.2, -0.15) is 0 Å². The topological polar surface area (TPSA) is 39.3 Å². The minimum Gasteiger partial charge on any atom is -0.379 e. The molecule has 2 aliphatic heterocycles. The summed E-state index contributed by atoms with van der Waals surface area (Å²) in [6.45, 7) is 21.5. The van der Waals surface area contributed by atoms with Crippen molar-refractivity contribution in [3.63, 3.8) is 0 Å². The molecule has 0 bridgehead atoms. The van der Waals surface area contributed by atoms with Crippen molar-refractivity contribution in [2.75, 3.05) is 59.0 Å². The molecular formula is C21H42N4O2. The Labute approximate surface area is 166 Å². The monoisotopic (exact) mass is 382 g/mol. The molecule has 0 saturated carbocycles. The lowest BCUT2D eigenvalue weighted by atomic mass is 10.1. The summed E-state index contributed by atoms with van der Waals surface area (Å²) in [5, 5.41) is 0. The number of carbonyl (C=O) groups excluding carboxylic acids is 1. The second-order valence-electron chi connectivity index (χ2n) is 8.91. The third-order valence-electron chi connectivity index (χ3n) is 5.96. The van der Waals surface area contributed by atoms with Crippen LogP contribution in [0.15, 0.2) is 0 Å². The van der Waals surface area contributed by atoms with E-state index in [1.807, 2.05) is 0 Å². The number of piperazine rings is 2. The van der Waals surface area contributed by atoms with Crippen molar-refractivity contribution in [2.24, 2.45) is 0 Å². The molecule has 2 saturated heterocycles. The Morgan fingerprint density at radius 1 is 1.00 bits per heavy atom. The highest BCUT2D eigenvalue weighted by Gasteiger charge is 2.32. The molecule has 158 valence electrons. The van der Waals surface area contributed by atoms with Crippen LogP contribution < -0.4 is 0 Å². The van der Waals surface area contributed by atoms with Crippen molar-refractivity contribution >= 4 is 5.91 Å². The van der Waals surface area contributed by atoms with Crippen molar-refractivity contribution in [3.05, 3.63) is 0 Å². The van der Waals surface area contributed by atoms with Gasteiger partial charge in [0.2, 0.25) is 5.91 Å². The van der Waals surface area contributed by atoms with Crippen molar-refractivity contribution in [3.8, 4) is 0 Å². The van der Waals surface area contributed by atoms with E-state index in [1.54, 1.807) is 0 Å². The quantitative estimate of drug-likeness (QED) is 0.598. The third kappa shape index (κ3) is 7.00. The van der Waals surface area contributed by atoms with Gasteiger partial charge >= 0.3 is 0 Å². The number of amides is 1. The molecule has 2 atom stereocenters. The van der Waals surface area contributed by atoms with Gasteiger partial charge in [0.05, 0.1) is 12.6 Å². The average molecular weight is 383 g/mol. The summed E-state index contributed by atoms with van der Waals surface area (Å²) < 4.78 is 5.66. The van der Waals surface area contributed by atoms with E-state index >= 15 is 0 Å². The first-order valence-electron chi connectivity index (χ1n) is 10.9. The molecule has 2 aliphatic rings. The zero-order valence-corrected chi connectivity index (χ0v) is 18.5. The molecule has 2 rings (SSSR count). The Bertz CT molecular complexity index is 437. The molecule has 1 amide bonds. The van der Waals surface area contributed by atoms with Gasteiger partial charge in [-0.3, -0.25) is 14.6 Å². The van der Waals surface area contributed by atoms with E-state index in [0.29, 0.717) is 36.7 Å². The molecule has 6 nitrogen and oxygen atoms in total. The second-order valence-corrected chi connectivity index (χ2v) is 8.91. The first-order chi connectivity index (χ1) is 12.8. The Balaban J connectivity index is 1.75. The lowest BCUT2D eigenvalue weighted by Gasteiger charge is -2.45. The number of carbonyl (C=O) groups is 1. The highest BCUT2D eigenvalue weighted by atomic mass is 16.5. The Hall–Kier alpha value is -0.690. The van der Waals surface area contributed by atoms with E-state index < -0.39 is 0 Å². The van der Waals surface area contributed by atoms with Crippen molar-refractivity contribution in [1.29, 1.82) is 0 Å². The van der Waals surface area contributed by atoms with Crippen molar-refractivity contribution in [1.82, 2.24) is 19.6 Å². The molecule has 0 aromatic rings. The molecule has 0 aromatic heterocycles. The van der Waals surface area contributed by atoms with E-state index in [2.05, 4.69) is 61.1 Å². The molecule has 0 aromatic carbocycles. The third-order valence-corrected chi connectivity index (χ3v) is 5.96. The van der Waals surface area contributed by atoms with Crippen molar-refractivity contribution < 1.29 is 9.53 Å². The summed E-state index contributed by atoms with van der Waals surface area (Å²) in [5.41, 5.74) is 0. The van der Waals surface area contributed by atoms with Crippen LogP contribution in [0.1, 0.15) is 48.0 Å². The number of nitrogens with zero attached hydrogens (tertiary/aromatic N) is 4. The van der Waals surface area contributed by atoms with E-state index in [0.717, 1.165) is 58.8 Å². The minimum absolute atomic E-state index is 0.302. The van der Waals surface area contributed by atoms with E-state index in [4.69, 9.17) is 4.74 Å². The number of hydrogen-bond acceptors (Lipinski definition) is 5. The summed E-state index contributed by atoms with van der Waals surface area (Å²) in [6, 6.07) is 1.41. The number of rotatable bonds is 8. The molecule has 0 N–H and O–H groups in total. The predicted octanol–water partition coefficient (Wildman–Crippen LogP) is 1.75. The van der Waals surface area contributed by atoms with Gasteiger partial charge in [0.15, 0.2) is 0 Å². The van der Waals surface area contributed by atoms with Crippen LogP contribution in [0.3, 0.4) is 0 Å². The summed E-state index contributed by atoms with van der Waals surface area (Å²) in [5.74, 6) is 0.302. The van der Waals surface area contributed by atoms with Crippen molar-refractivity contribution in [2.45, 2.75) is 72.2 Å². The maximum Gasteiger partial charge on any atom is 0.236 e. The average Bonchev–Trinajstić information content (AvgIpc) is 2.61. The van der Waals surface area contributed by atoms with Gasteiger partial charge in [-0.1, -0.05) is 0 Å². The van der Waals surface area contributed by atoms with E-state index in [1.165, 1.54) is 0 Å². The summed E-state index contributed by atoms with van der Waals surface area (Å²) in [6.07, 6.45) is 1.39. The minimum atomic E-state index is 0.302. The lowest BCUT2D eigenvalue weighted by molar-refractivity contribution is -0.136. The fraction of sp³-hybridized carbons (Fsp3) is 0.952. The van der Waals surface area contributed by atoms with Gasteiger partial charge < -0.3 is 14.5 Å². The van der Waals surface area contributed by atoms with Crippen LogP contribution in [0.4, 0.5) is 0 Å². The van der Waals surface area contributed by atoms with Crippen LogP contribution in [0.2, 0.25) is 0 Å². The lowest BCUT2D eigenvalue weighted by Crippen LogP contribution is -2.60. The molecule has 2 fully saturated rings. The Morgan fingerprint density at radius 3 is 2.11 bits per heavy atom. The molecule has 27 heavy (non-hydrogen) atoms. The van der Waals surface area contributed by atoms with Gasteiger partial charge in [-0.05, 0) is 48.0 Å². The van der Waals surface area contributed by atoms with Gasteiger partial charge in [0, 0.05) is 70.5 Å². The maximum absolute atomic E-state index is 12.8. The zero-order chi connectivity index (χ0) is 20.0. The van der Waals surface area contributed by atoms with E-state index in [9.17, 15) is 4.79 Å². The molecular weight excluding hydrogens is 340 g/mol. The summed E-state index contributed by atoms with van der Waals surface area (Å²) in [4.78, 5) is 22.3. The maximum atomic E-state index is 12.8. The highest BCUT2D eigenvalue weighted by Crippen LogP contribution is 2.17. The molecule has 0 radical (unpaired) electrons. The van der Waals surface area contributed by atoms with Crippen LogP contribution in [-0.4, -0.2) is 109 Å². The summed E-state index contributed by atoms with van der Waals surface area (Å²) >= 11 is 0. The molecule has 0 aliphatic carbocycles. The van der Waals surface area contributed by atoms with E-state index in [-0.39, 0.29) is 0 Å². The normalized spacial score (nSPS) is 26.3. The van der Waals surface area contributed by atoms with Gasteiger partial charge in [0.1, 0.15) is 0 Å². The molecule has 2 heterocycles. The van der Waals surface area contributed by atoms with Crippen LogP contribution in [0.5, 0.6) is 0 Å². The second kappa shape index (κ2) is 10.7. The predicted molar refractivity (Wildman–Crippen MR) is 111 cm³/mol. The zero-order valence-electron chi connectivity index (χ0n) is 18.5. The SMILES string of the molecule is CC(C)OCCCN1C[C@@H](C)N(CC(=O)N2CCN(C(C)C)CC2)[C@@H](C)C1. The van der Waals surface area contributed by atoms with Crippen LogP contribution in [-0.2, 0) is 9.53 Å². The molecule has 6 heteroatoms. The van der Waals surface area contributed by atoms with Crippen LogP contribution >= 0.6 is 0 Å². The molecule has 0 unspecified atom stereocenters. The Morgan fingerprint density at radius 2 is 1.59 bits per heavy atom. The van der Waals surface area contributed by atoms with Gasteiger partial charge in [-0.15, -0.1) is 0 Å². The smallest absolute Gasteiger partial charge is 0.236 e. The highest BCUT2D eigenvalue weighted by molar-refractivity contribution is 5.78. The first kappa shape index (κ1) is 22.6. The number of hydrogen-bond donors (Lipinski definition) is 0. The standard InChI is InChI=1S/C21H42N4O2/c1-17(2)23-9-11-24(12-10-23)21(26)16-25-19(5)14-22(15-20(25)6)8-7-13-27-18(3)4/h17-20H,7-16H2,1-6H3/t19-,20+. The van der Waals surface area contributed by atoms with Crippen LogP contribution in [0.25, 0.3) is 0 Å². The fourth-order valence-electron chi connectivity index (χ4n) is 4.31. The largest absolute Gasteiger partial charge is 0.379 e. The fourth-order valence-corrected chi connectivity index (χ4v) is 4.31. The van der Waals surface area contributed by atoms with Crippen LogP contribution in [0, 0.1) is 0 Å². The number of ether oxygens (including phenoxy) is 1. The van der Waals surface area contributed by atoms with Gasteiger partial charge in [-0.25, -0.2) is 0 Å².